The van der Waals surface area contributed by atoms with Gasteiger partial charge in [0.2, 0.25) is 16.1 Å². The number of hydrogen-bond donors (Lipinski definition) is 3. The van der Waals surface area contributed by atoms with Crippen LogP contribution in [0.1, 0.15) is 31.4 Å². The Labute approximate surface area is 266 Å². The number of fused-ring (bicyclic) bond motifs is 1. The van der Waals surface area contributed by atoms with Gasteiger partial charge in [0.25, 0.3) is 5.91 Å². The summed E-state index contributed by atoms with van der Waals surface area (Å²) in [6.45, 7) is 4.30. The van der Waals surface area contributed by atoms with E-state index in [0.29, 0.717) is 6.54 Å². The van der Waals surface area contributed by atoms with Gasteiger partial charge in [0.05, 0.1) is 32.8 Å². The molecule has 3 N–H and O–H groups in total. The topological polar surface area (TPSA) is 145 Å². The number of amides is 1. The molecule has 0 fully saturated rings. The number of nitrogens with zero attached hydrogens (tertiary/aromatic N) is 4. The van der Waals surface area contributed by atoms with Crippen molar-refractivity contribution in [2.24, 2.45) is 5.92 Å². The maximum absolute atomic E-state index is 14.0. The van der Waals surface area contributed by atoms with Crippen LogP contribution in [0.15, 0.2) is 83.5 Å². The van der Waals surface area contributed by atoms with E-state index in [4.69, 9.17) is 4.74 Å². The molecule has 3 heterocycles. The summed E-state index contributed by atoms with van der Waals surface area (Å²) in [6.07, 6.45) is 1.65. The highest BCUT2D eigenvalue weighted by molar-refractivity contribution is 7.89. The molecule has 5 rings (SSSR count). The van der Waals surface area contributed by atoms with Gasteiger partial charge in [-0.3, -0.25) is 9.78 Å². The minimum Gasteiger partial charge on any atom is -0.430 e. The van der Waals surface area contributed by atoms with Crippen molar-refractivity contribution in [3.05, 3.63) is 89.7 Å². The van der Waals surface area contributed by atoms with Crippen LogP contribution in [0.5, 0.6) is 0 Å². The lowest BCUT2D eigenvalue weighted by Gasteiger charge is -2.31. The molecule has 4 atom stereocenters. The van der Waals surface area contributed by atoms with Gasteiger partial charge in [-0.2, -0.15) is 8.88 Å². The highest BCUT2D eigenvalue weighted by atomic mass is 32.2. The first-order valence-electron chi connectivity index (χ1n) is 14.9. The number of carbonyl (C=O) groups excluding carboxylic acids is 1. The molecule has 0 saturated heterocycles. The van der Waals surface area contributed by atoms with Gasteiger partial charge in [0.1, 0.15) is 0 Å². The van der Waals surface area contributed by atoms with Crippen LogP contribution < -0.4 is 5.32 Å². The van der Waals surface area contributed by atoms with Gasteiger partial charge in [0.15, 0.2) is 13.1 Å². The molecule has 1 amide bonds. The second kappa shape index (κ2) is 14.5. The number of sulfonamides is 1. The Kier molecular flexibility index (Phi) is 10.4. The quantitative estimate of drug-likeness (QED) is 0.176. The molecular formula is C32H38N5O6S2+. The van der Waals surface area contributed by atoms with Crippen LogP contribution in [0.3, 0.4) is 0 Å². The van der Waals surface area contributed by atoms with Crippen molar-refractivity contribution in [3.8, 4) is 0 Å². The number of aliphatic hydroxyl groups excluding tert-OH is 2. The molecule has 11 nitrogen and oxygen atoms in total. The van der Waals surface area contributed by atoms with Gasteiger partial charge < -0.3 is 20.3 Å². The summed E-state index contributed by atoms with van der Waals surface area (Å²) in [4.78, 5) is 21.9. The molecule has 1 aliphatic heterocycles. The Morgan fingerprint density at radius 3 is 2.67 bits per heavy atom. The third kappa shape index (κ3) is 8.03. The Morgan fingerprint density at radius 1 is 1.16 bits per heavy atom. The zero-order valence-corrected chi connectivity index (χ0v) is 26.8. The molecule has 2 aromatic heterocycles. The number of aliphatic hydroxyl groups is 2. The molecule has 238 valence electrons. The van der Waals surface area contributed by atoms with E-state index in [9.17, 15) is 23.4 Å². The summed E-state index contributed by atoms with van der Waals surface area (Å²) in [5.74, 6) is -0.500. The van der Waals surface area contributed by atoms with Gasteiger partial charge in [-0.15, -0.1) is 11.3 Å². The van der Waals surface area contributed by atoms with Gasteiger partial charge >= 0.3 is 6.08 Å². The Bertz CT molecular complexity index is 1730. The summed E-state index contributed by atoms with van der Waals surface area (Å²) in [5, 5.41) is 24.9. The smallest absolute Gasteiger partial charge is 0.430 e. The minimum atomic E-state index is -4.00. The first kappa shape index (κ1) is 32.5. The molecule has 0 radical (unpaired) electrons. The lowest BCUT2D eigenvalue weighted by molar-refractivity contribution is -0.543. The van der Waals surface area contributed by atoms with Gasteiger partial charge in [0, 0.05) is 31.0 Å². The second-order valence-corrected chi connectivity index (χ2v) is 14.1. The fraction of sp³-hybridized carbons (Fsp3) is 0.375. The maximum atomic E-state index is 14.0. The van der Waals surface area contributed by atoms with Crippen molar-refractivity contribution in [3.63, 3.8) is 0 Å². The maximum Gasteiger partial charge on any atom is 0.548 e. The Balaban J connectivity index is 1.35. The van der Waals surface area contributed by atoms with Crippen LogP contribution in [0, 0.1) is 5.92 Å². The van der Waals surface area contributed by atoms with E-state index in [1.165, 1.54) is 26.3 Å². The zero-order chi connectivity index (χ0) is 32.0. The second-order valence-electron chi connectivity index (χ2n) is 11.3. The van der Waals surface area contributed by atoms with Gasteiger partial charge in [-0.05, 0) is 48.2 Å². The average molecular weight is 653 g/mol. The van der Waals surface area contributed by atoms with Crippen LogP contribution in [-0.2, 0) is 32.5 Å². The third-order valence-electron chi connectivity index (χ3n) is 7.93. The normalized spacial score (nSPS) is 17.3. The molecule has 2 aromatic carbocycles. The number of nitrogens with one attached hydrogen (secondary N) is 1. The summed E-state index contributed by atoms with van der Waals surface area (Å²) < 4.78 is 37.0. The van der Waals surface area contributed by atoms with Crippen molar-refractivity contribution in [1.82, 2.24) is 19.6 Å². The van der Waals surface area contributed by atoms with E-state index >= 15 is 0 Å². The standard InChI is InChI=1S/C32H37N5O6S2/c1-3-22(2)17-37(45(41,42)25-11-12-26-30(15-25)44-21-34-26)19-28(38)27(14-23-8-5-4-6-9-23)35-31(39)29-20-36(32(40)43-29)18-24-10-7-13-33-16-24/h4-13,15-16,21-22,27-29,38H,3,14,17-20H2,1-2H3,(H,35,39)/p+1/t22-,27+,28-,29+/m1/s1. The highest BCUT2D eigenvalue weighted by Crippen LogP contribution is 2.25. The van der Waals surface area contributed by atoms with E-state index in [-0.39, 0.29) is 43.0 Å². The number of thiazole rings is 1. The van der Waals surface area contributed by atoms with E-state index < -0.39 is 34.2 Å². The van der Waals surface area contributed by atoms with Gasteiger partial charge in [-0.25, -0.2) is 13.4 Å². The SMILES string of the molecule is CC[C@@H](C)CN(C[C@@H](O)[C@H](Cc1ccccc1)NC(=O)[C@@H]1C[N+](Cc2cccnc2)=C(O)O1)S(=O)(=O)c1ccc2ncsc2c1. The Hall–Kier alpha value is -3.91. The monoisotopic (exact) mass is 652 g/mol. The van der Waals surface area contributed by atoms with E-state index in [1.54, 1.807) is 36.1 Å². The summed E-state index contributed by atoms with van der Waals surface area (Å²) in [7, 11) is -4.00. The molecule has 0 aliphatic carbocycles. The lowest BCUT2D eigenvalue weighted by atomic mass is 10.0. The summed E-state index contributed by atoms with van der Waals surface area (Å²) >= 11 is 1.36. The number of carbonyl (C=O) groups is 1. The number of pyridine rings is 1. The number of rotatable bonds is 14. The molecule has 13 heteroatoms. The predicted octanol–water partition coefficient (Wildman–Crippen LogP) is 3.34. The van der Waals surface area contributed by atoms with Crippen molar-refractivity contribution < 1.29 is 32.7 Å². The van der Waals surface area contributed by atoms with Gasteiger partial charge in [-0.1, -0.05) is 50.6 Å². The van der Waals surface area contributed by atoms with Crippen LogP contribution in [0.4, 0.5) is 0 Å². The van der Waals surface area contributed by atoms with Crippen LogP contribution in [-0.4, -0.2) is 87.4 Å². The predicted molar refractivity (Wildman–Crippen MR) is 171 cm³/mol. The molecule has 45 heavy (non-hydrogen) atoms. The molecule has 0 unspecified atom stereocenters. The lowest BCUT2D eigenvalue weighted by Crippen LogP contribution is -2.53. The minimum absolute atomic E-state index is 0.0254. The summed E-state index contributed by atoms with van der Waals surface area (Å²) in [5.41, 5.74) is 4.08. The largest absolute Gasteiger partial charge is 0.548 e. The van der Waals surface area contributed by atoms with Crippen LogP contribution in [0.25, 0.3) is 10.2 Å². The third-order valence-corrected chi connectivity index (χ3v) is 10.5. The zero-order valence-electron chi connectivity index (χ0n) is 25.2. The molecular weight excluding hydrogens is 615 g/mol. The number of aromatic nitrogens is 2. The van der Waals surface area contributed by atoms with E-state index in [1.807, 2.05) is 50.2 Å². The average Bonchev–Trinajstić information content (AvgIpc) is 3.67. The Morgan fingerprint density at radius 2 is 1.93 bits per heavy atom. The van der Waals surface area contributed by atoms with Crippen molar-refractivity contribution in [1.29, 1.82) is 0 Å². The highest BCUT2D eigenvalue weighted by Gasteiger charge is 2.40. The summed E-state index contributed by atoms with van der Waals surface area (Å²) in [6, 6.07) is 17.0. The van der Waals surface area contributed by atoms with Crippen molar-refractivity contribution >= 4 is 43.6 Å². The first-order valence-corrected chi connectivity index (χ1v) is 17.2. The van der Waals surface area contributed by atoms with Crippen LogP contribution in [0.2, 0.25) is 0 Å². The molecule has 4 aromatic rings. The van der Waals surface area contributed by atoms with Crippen LogP contribution >= 0.6 is 11.3 Å². The molecule has 0 bridgehead atoms. The number of benzene rings is 2. The number of ether oxygens (including phenoxy) is 1. The molecule has 1 aliphatic rings. The van der Waals surface area contributed by atoms with E-state index in [2.05, 4.69) is 15.3 Å². The van der Waals surface area contributed by atoms with E-state index in [0.717, 1.165) is 27.8 Å². The first-order chi connectivity index (χ1) is 21.6. The van der Waals surface area contributed by atoms with Crippen molar-refractivity contribution in [2.75, 3.05) is 19.6 Å². The van der Waals surface area contributed by atoms with Crippen molar-refractivity contribution in [2.45, 2.75) is 56.4 Å². The fourth-order valence-electron chi connectivity index (χ4n) is 5.15. The number of hydrogen-bond acceptors (Lipinski definition) is 8. The fourth-order valence-corrected chi connectivity index (χ4v) is 7.55. The molecule has 0 spiro atoms. The molecule has 0 saturated carbocycles.